The molecule has 0 aliphatic rings. The number of aromatic nitrogens is 2. The Morgan fingerprint density at radius 2 is 2.00 bits per heavy atom. The molecule has 0 atom stereocenters. The maximum Gasteiger partial charge on any atom is 0.283 e. The van der Waals surface area contributed by atoms with Gasteiger partial charge in [0.1, 0.15) is 5.69 Å². The first-order valence-electron chi connectivity index (χ1n) is 3.46. The smallest absolute Gasteiger partial charge is 0.266 e. The van der Waals surface area contributed by atoms with Gasteiger partial charge in [-0.25, -0.2) is 3.96 Å². The molecule has 0 spiro atoms. The van der Waals surface area contributed by atoms with Crippen LogP contribution in [0.2, 0.25) is 0 Å². The zero-order chi connectivity index (χ0) is 8.65. The average Bonchev–Trinajstić information content (AvgIpc) is 2.11. The molecule has 1 aromatic heterocycles. The van der Waals surface area contributed by atoms with Crippen LogP contribution < -0.4 is 5.56 Å². The van der Waals surface area contributed by atoms with Crippen LogP contribution in [-0.2, 0) is 12.5 Å². The standard InChI is InChI=1S/C7H12N2OS/c1-7(2,3)5-6(10)9(4)11-8-5/h1-4H3. The molecule has 1 aromatic rings. The Labute approximate surface area is 70.0 Å². The number of hydrogen-bond acceptors (Lipinski definition) is 3. The molecule has 0 saturated carbocycles. The summed E-state index contributed by atoms with van der Waals surface area (Å²) in [5, 5.41) is 0. The van der Waals surface area contributed by atoms with Crippen molar-refractivity contribution in [2.75, 3.05) is 0 Å². The minimum absolute atomic E-state index is 0.0301. The van der Waals surface area contributed by atoms with Crippen molar-refractivity contribution in [3.05, 3.63) is 16.0 Å². The van der Waals surface area contributed by atoms with E-state index in [1.165, 1.54) is 11.7 Å². The van der Waals surface area contributed by atoms with Gasteiger partial charge < -0.3 is 0 Å². The molecule has 0 radical (unpaired) electrons. The van der Waals surface area contributed by atoms with Gasteiger partial charge in [0.05, 0.1) is 0 Å². The van der Waals surface area contributed by atoms with Gasteiger partial charge in [-0.2, -0.15) is 4.37 Å². The molecular weight excluding hydrogens is 160 g/mol. The second kappa shape index (κ2) is 2.44. The Morgan fingerprint density at radius 3 is 2.18 bits per heavy atom. The number of nitrogens with zero attached hydrogens (tertiary/aromatic N) is 2. The van der Waals surface area contributed by atoms with Crippen molar-refractivity contribution in [3.63, 3.8) is 0 Å². The van der Waals surface area contributed by atoms with E-state index in [1.807, 2.05) is 20.8 Å². The van der Waals surface area contributed by atoms with Crippen LogP contribution in [0.25, 0.3) is 0 Å². The summed E-state index contributed by atoms with van der Waals surface area (Å²) in [5.74, 6) is 0. The Morgan fingerprint density at radius 1 is 1.45 bits per heavy atom. The van der Waals surface area contributed by atoms with Crippen molar-refractivity contribution in [1.82, 2.24) is 8.33 Å². The lowest BCUT2D eigenvalue weighted by Crippen LogP contribution is -2.24. The Hall–Kier alpha value is -0.640. The van der Waals surface area contributed by atoms with Gasteiger partial charge in [0.15, 0.2) is 0 Å². The predicted octanol–water partition coefficient (Wildman–Crippen LogP) is 1.14. The summed E-state index contributed by atoms with van der Waals surface area (Å²) < 4.78 is 5.62. The van der Waals surface area contributed by atoms with Gasteiger partial charge in [-0.3, -0.25) is 4.79 Å². The first-order chi connectivity index (χ1) is 4.93. The Bertz CT molecular complexity index is 305. The molecule has 11 heavy (non-hydrogen) atoms. The zero-order valence-corrected chi connectivity index (χ0v) is 8.03. The molecule has 0 bridgehead atoms. The molecule has 0 N–H and O–H groups in total. The first kappa shape index (κ1) is 8.46. The largest absolute Gasteiger partial charge is 0.283 e. The van der Waals surface area contributed by atoms with E-state index in [2.05, 4.69) is 4.37 Å². The summed E-state index contributed by atoms with van der Waals surface area (Å²) in [6.45, 7) is 5.97. The van der Waals surface area contributed by atoms with Crippen LogP contribution in [0.4, 0.5) is 0 Å². The van der Waals surface area contributed by atoms with Crippen LogP contribution >= 0.6 is 11.7 Å². The van der Waals surface area contributed by atoms with Crippen molar-refractivity contribution in [2.24, 2.45) is 7.05 Å². The Kier molecular flexibility index (Phi) is 1.88. The van der Waals surface area contributed by atoms with E-state index >= 15 is 0 Å². The number of aryl methyl sites for hydroxylation is 1. The van der Waals surface area contributed by atoms with Crippen LogP contribution in [0.5, 0.6) is 0 Å². The molecule has 0 amide bonds. The monoisotopic (exact) mass is 172 g/mol. The lowest BCUT2D eigenvalue weighted by Gasteiger charge is -2.12. The van der Waals surface area contributed by atoms with Crippen molar-refractivity contribution in [3.8, 4) is 0 Å². The maximum atomic E-state index is 11.3. The van der Waals surface area contributed by atoms with Gasteiger partial charge in [-0.05, 0) is 0 Å². The normalized spacial score (nSPS) is 12.0. The molecule has 1 heterocycles. The fourth-order valence-electron chi connectivity index (χ4n) is 0.785. The SMILES string of the molecule is Cn1snc(C(C)(C)C)c1=O. The lowest BCUT2D eigenvalue weighted by molar-refractivity contribution is 0.566. The molecule has 1 rings (SSSR count). The highest BCUT2D eigenvalue weighted by Gasteiger charge is 2.21. The molecule has 0 fully saturated rings. The summed E-state index contributed by atoms with van der Waals surface area (Å²) >= 11 is 1.21. The minimum atomic E-state index is -0.130. The lowest BCUT2D eigenvalue weighted by atomic mass is 9.93. The van der Waals surface area contributed by atoms with E-state index in [1.54, 1.807) is 11.0 Å². The first-order valence-corrected chi connectivity index (χ1v) is 4.19. The third-order valence-corrected chi connectivity index (χ3v) is 2.13. The molecule has 4 heteroatoms. The van der Waals surface area contributed by atoms with Crippen LogP contribution in [0.3, 0.4) is 0 Å². The van der Waals surface area contributed by atoms with Crippen molar-refractivity contribution >= 4 is 11.7 Å². The van der Waals surface area contributed by atoms with Gasteiger partial charge in [0, 0.05) is 24.2 Å². The van der Waals surface area contributed by atoms with Gasteiger partial charge in [0.25, 0.3) is 5.56 Å². The summed E-state index contributed by atoms with van der Waals surface area (Å²) in [6.07, 6.45) is 0. The fourth-order valence-corrected chi connectivity index (χ4v) is 1.50. The van der Waals surface area contributed by atoms with Crippen molar-refractivity contribution < 1.29 is 0 Å². The van der Waals surface area contributed by atoms with Gasteiger partial charge >= 0.3 is 0 Å². The van der Waals surface area contributed by atoms with Crippen LogP contribution in [-0.4, -0.2) is 8.33 Å². The topological polar surface area (TPSA) is 34.9 Å². The quantitative estimate of drug-likeness (QED) is 0.588. The molecule has 0 aromatic carbocycles. The van der Waals surface area contributed by atoms with Crippen LogP contribution in [0.15, 0.2) is 4.79 Å². The summed E-state index contributed by atoms with van der Waals surface area (Å²) in [7, 11) is 1.73. The second-order valence-electron chi connectivity index (χ2n) is 3.57. The number of hydrogen-bond donors (Lipinski definition) is 0. The molecule has 0 aliphatic heterocycles. The van der Waals surface area contributed by atoms with Crippen molar-refractivity contribution in [2.45, 2.75) is 26.2 Å². The fraction of sp³-hybridized carbons (Fsp3) is 0.714. The highest BCUT2D eigenvalue weighted by atomic mass is 32.1. The van der Waals surface area contributed by atoms with Crippen LogP contribution in [0, 0.1) is 0 Å². The number of rotatable bonds is 0. The van der Waals surface area contributed by atoms with Gasteiger partial charge in [0.2, 0.25) is 0 Å². The van der Waals surface area contributed by atoms with E-state index < -0.39 is 0 Å². The van der Waals surface area contributed by atoms with E-state index in [4.69, 9.17) is 0 Å². The van der Waals surface area contributed by atoms with Crippen molar-refractivity contribution in [1.29, 1.82) is 0 Å². The molecule has 3 nitrogen and oxygen atoms in total. The van der Waals surface area contributed by atoms with E-state index in [0.29, 0.717) is 5.69 Å². The van der Waals surface area contributed by atoms with E-state index in [-0.39, 0.29) is 11.0 Å². The van der Waals surface area contributed by atoms with E-state index in [9.17, 15) is 4.79 Å². The molecule has 0 unspecified atom stereocenters. The Balaban J connectivity index is 3.27. The van der Waals surface area contributed by atoms with Gasteiger partial charge in [-0.15, -0.1) is 0 Å². The third-order valence-electron chi connectivity index (χ3n) is 1.45. The predicted molar refractivity (Wildman–Crippen MR) is 46.1 cm³/mol. The maximum absolute atomic E-state index is 11.3. The minimum Gasteiger partial charge on any atom is -0.266 e. The molecule has 0 aliphatic carbocycles. The van der Waals surface area contributed by atoms with Crippen LogP contribution in [0.1, 0.15) is 26.5 Å². The average molecular weight is 172 g/mol. The second-order valence-corrected chi connectivity index (χ2v) is 4.47. The molecule has 62 valence electrons. The molecular formula is C7H12N2OS. The molecule has 0 saturated heterocycles. The zero-order valence-electron chi connectivity index (χ0n) is 7.21. The summed E-state index contributed by atoms with van der Waals surface area (Å²) in [5.41, 5.74) is 0.557. The third kappa shape index (κ3) is 1.50. The summed E-state index contributed by atoms with van der Waals surface area (Å²) in [6, 6.07) is 0. The highest BCUT2D eigenvalue weighted by molar-refractivity contribution is 6.99. The summed E-state index contributed by atoms with van der Waals surface area (Å²) in [4.78, 5) is 11.3. The van der Waals surface area contributed by atoms with Gasteiger partial charge in [-0.1, -0.05) is 20.8 Å². The van der Waals surface area contributed by atoms with E-state index in [0.717, 1.165) is 0 Å². The highest BCUT2D eigenvalue weighted by Crippen LogP contribution is 2.16.